The van der Waals surface area contributed by atoms with Crippen molar-refractivity contribution in [3.05, 3.63) is 231 Å². The Hall–Kier alpha value is -4.34. The van der Waals surface area contributed by atoms with Gasteiger partial charge in [0.15, 0.2) is 0 Å². The van der Waals surface area contributed by atoms with Crippen LogP contribution in [0.4, 0.5) is 0 Å². The first-order valence-electron chi connectivity index (χ1n) is 16.4. The summed E-state index contributed by atoms with van der Waals surface area (Å²) in [5.74, 6) is 0. The Morgan fingerprint density at radius 1 is 0.300 bits per heavy atom. The largest absolute Gasteiger partial charge is 0.183 e. The third-order valence-electron chi connectivity index (χ3n) is 7.97. The van der Waals surface area contributed by atoms with E-state index in [1.54, 1.807) is 0 Å². The van der Waals surface area contributed by atoms with Crippen LogP contribution in [0.1, 0.15) is 0 Å². The minimum absolute atomic E-state index is 0.877. The predicted molar refractivity (Wildman–Crippen MR) is 222 cm³/mol. The van der Waals surface area contributed by atoms with Gasteiger partial charge in [0, 0.05) is 0 Å². The first-order valence-corrected chi connectivity index (χ1v) is 20.8. The number of hydrogen-bond donors (Lipinski definition) is 0. The van der Waals surface area contributed by atoms with E-state index in [0.717, 1.165) is 0 Å². The van der Waals surface area contributed by atoms with Crippen molar-refractivity contribution in [2.75, 3.05) is 0 Å². The number of halogens is 1. The third kappa shape index (κ3) is 10.8. The molecule has 0 aromatic heterocycles. The summed E-state index contributed by atoms with van der Waals surface area (Å²) in [6.07, 6.45) is 0. The second kappa shape index (κ2) is 21.0. The van der Waals surface area contributed by atoms with Gasteiger partial charge in [0.2, 0.25) is 0 Å². The van der Waals surface area contributed by atoms with Crippen LogP contribution >= 0.6 is 26.0 Å². The van der Waals surface area contributed by atoms with Gasteiger partial charge in [-0.1, -0.05) is 127 Å². The average Bonchev–Trinajstić information content (AvgIpc) is 3.22. The van der Waals surface area contributed by atoms with Crippen LogP contribution < -0.4 is 31.8 Å². The minimum Gasteiger partial charge on any atom is -0.183 e. The topological polar surface area (TPSA) is 0 Å². The van der Waals surface area contributed by atoms with Crippen LogP contribution in [-0.4, -0.2) is 0 Å². The molecule has 249 valence electrons. The molecule has 4 heteroatoms. The van der Waals surface area contributed by atoms with E-state index in [0.29, 0.717) is 0 Å². The molecule has 0 atom stereocenters. The van der Waals surface area contributed by atoms with Crippen LogP contribution in [0.15, 0.2) is 224 Å². The van der Waals surface area contributed by atoms with E-state index in [-0.39, 0.29) is 0 Å². The molecule has 0 spiro atoms. The standard InChI is InChI=1S/2C18H15P.C10H7.ClH.Ni/c2*1-4-10-16(11-5-1)19(17-12-6-2-7-13-17)18-14-8-3-9-15-18;1-2-6-10-8-4-3-7-9(10)5-1;;/h2*1-15H;1-3,5-8H;1H;/q;;-1;;+1/p+1. The zero-order valence-corrected chi connectivity index (χ0v) is 31.3. The molecule has 50 heavy (non-hydrogen) atoms. The van der Waals surface area contributed by atoms with Gasteiger partial charge >= 0.3 is 24.8 Å². The van der Waals surface area contributed by atoms with E-state index in [2.05, 4.69) is 231 Å². The molecule has 0 aliphatic rings. The molecular formula is C46H39ClNiP2+. The molecule has 0 saturated heterocycles. The predicted octanol–water partition coefficient (Wildman–Crippen LogP) is 9.68. The molecule has 0 fully saturated rings. The normalized spacial score (nSPS) is 10.2. The van der Waals surface area contributed by atoms with Gasteiger partial charge in [0.05, 0.1) is 15.8 Å². The van der Waals surface area contributed by atoms with Crippen molar-refractivity contribution in [1.82, 2.24) is 0 Å². The molecule has 8 rings (SSSR count). The average molecular weight is 748 g/mol. The Morgan fingerprint density at radius 3 is 0.800 bits per heavy atom. The Balaban J connectivity index is 0.000000149. The molecule has 0 aliphatic carbocycles. The van der Waals surface area contributed by atoms with E-state index >= 15 is 0 Å². The Kier molecular flexibility index (Phi) is 15.5. The van der Waals surface area contributed by atoms with Crippen molar-refractivity contribution >= 4 is 68.6 Å². The van der Waals surface area contributed by atoms with Crippen molar-refractivity contribution in [3.63, 3.8) is 0 Å². The van der Waals surface area contributed by atoms with Crippen molar-refractivity contribution in [1.29, 1.82) is 0 Å². The van der Waals surface area contributed by atoms with Crippen LogP contribution in [0.25, 0.3) is 10.8 Å². The van der Waals surface area contributed by atoms with Gasteiger partial charge in [-0.25, -0.2) is 0 Å². The van der Waals surface area contributed by atoms with Crippen LogP contribution in [0.3, 0.4) is 0 Å². The van der Waals surface area contributed by atoms with Gasteiger partial charge < -0.3 is 0 Å². The summed E-state index contributed by atoms with van der Waals surface area (Å²) >= 11 is 3.35. The molecule has 0 amide bonds. The molecular weight excluding hydrogens is 709 g/mol. The van der Waals surface area contributed by atoms with Crippen LogP contribution in [-0.2, 0) is 14.6 Å². The first kappa shape index (κ1) is 36.9. The maximum Gasteiger partial charge on any atom is 0.102 e. The summed E-state index contributed by atoms with van der Waals surface area (Å²) in [4.78, 5) is 0. The number of fused-ring (bicyclic) bond motifs is 1. The fourth-order valence-electron chi connectivity index (χ4n) is 5.70. The molecule has 8 aromatic rings. The van der Waals surface area contributed by atoms with Crippen molar-refractivity contribution in [2.45, 2.75) is 0 Å². The van der Waals surface area contributed by atoms with E-state index in [1.807, 2.05) is 24.3 Å². The maximum atomic E-state index is 4.26. The van der Waals surface area contributed by atoms with E-state index in [4.69, 9.17) is 0 Å². The number of benzene rings is 8. The molecule has 0 nitrogen and oxygen atoms in total. The van der Waals surface area contributed by atoms with Gasteiger partial charge in [-0.2, -0.15) is 24.3 Å². The Labute approximate surface area is 312 Å². The molecule has 0 aliphatic heterocycles. The fourth-order valence-corrected chi connectivity index (χ4v) is 10.9. The molecule has 0 bridgehead atoms. The second-order valence-electron chi connectivity index (χ2n) is 11.2. The van der Waals surface area contributed by atoms with Crippen molar-refractivity contribution in [3.8, 4) is 0 Å². The molecule has 0 unspecified atom stereocenters. The summed E-state index contributed by atoms with van der Waals surface area (Å²) < 4.78 is 0. The smallest absolute Gasteiger partial charge is 0.102 e. The Morgan fingerprint density at radius 2 is 0.540 bits per heavy atom. The summed E-state index contributed by atoms with van der Waals surface area (Å²) in [6, 6.07) is 82.3. The fraction of sp³-hybridized carbons (Fsp3) is 0. The van der Waals surface area contributed by atoms with Crippen LogP contribution in [0, 0.1) is 6.07 Å². The number of rotatable bonds is 6. The SMILES string of the molecule is [Cl][Ni].[c-]1ccc2ccccc2c1.c1ccc([PH+](c2ccccc2)c2ccccc2)cc1.c1ccc([PH+](c2ccccc2)c2ccccc2)cc1. The van der Waals surface area contributed by atoms with Crippen LogP contribution in [0.5, 0.6) is 0 Å². The molecule has 0 radical (unpaired) electrons. The van der Waals surface area contributed by atoms with E-state index in [9.17, 15) is 0 Å². The van der Waals surface area contributed by atoms with Gasteiger partial charge in [-0.3, -0.25) is 0 Å². The van der Waals surface area contributed by atoms with Gasteiger partial charge in [0.25, 0.3) is 0 Å². The van der Waals surface area contributed by atoms with Crippen molar-refractivity contribution in [2.24, 2.45) is 0 Å². The molecule has 8 aromatic carbocycles. The first-order chi connectivity index (χ1) is 24.9. The van der Waals surface area contributed by atoms with Gasteiger partial charge in [-0.15, -0.1) is 16.8 Å². The van der Waals surface area contributed by atoms with Crippen molar-refractivity contribution < 1.29 is 14.6 Å². The zero-order valence-electron chi connectivity index (χ0n) is 27.6. The Bertz CT molecular complexity index is 1690. The van der Waals surface area contributed by atoms with Crippen LogP contribution in [0.2, 0.25) is 0 Å². The summed E-state index contributed by atoms with van der Waals surface area (Å²) in [6.45, 7) is 0. The van der Waals surface area contributed by atoms with Gasteiger partial charge in [-0.05, 0) is 72.8 Å². The summed E-state index contributed by atoms with van der Waals surface area (Å²) in [5.41, 5.74) is 0. The maximum absolute atomic E-state index is 4.26. The second-order valence-corrected chi connectivity index (χ2v) is 16.2. The number of hydrogen-bond acceptors (Lipinski definition) is 0. The molecule has 0 heterocycles. The minimum atomic E-state index is -0.877. The van der Waals surface area contributed by atoms with Gasteiger partial charge in [0.1, 0.15) is 31.8 Å². The van der Waals surface area contributed by atoms with E-state index < -0.39 is 15.8 Å². The zero-order chi connectivity index (χ0) is 34.6. The molecule has 0 N–H and O–H groups in total. The van der Waals surface area contributed by atoms with E-state index in [1.165, 1.54) is 42.6 Å². The molecule has 0 saturated carbocycles. The third-order valence-corrected chi connectivity index (χ3v) is 13.4. The quantitative estimate of drug-likeness (QED) is 0.0904. The monoisotopic (exact) mass is 746 g/mol. The summed E-state index contributed by atoms with van der Waals surface area (Å²) in [7, 11) is 2.51. The summed E-state index contributed by atoms with van der Waals surface area (Å²) in [5, 5.41) is 11.1.